The summed E-state index contributed by atoms with van der Waals surface area (Å²) in [6.07, 6.45) is 0. The van der Waals surface area contributed by atoms with Crippen molar-refractivity contribution in [2.75, 3.05) is 24.7 Å². The number of nitrogens with zero attached hydrogens (tertiary/aromatic N) is 2. The van der Waals surface area contributed by atoms with Crippen LogP contribution in [-0.4, -0.2) is 41.6 Å². The molecule has 1 atom stereocenters. The van der Waals surface area contributed by atoms with Gasteiger partial charge in [0, 0.05) is 24.6 Å². The van der Waals surface area contributed by atoms with Gasteiger partial charge in [0.05, 0.1) is 18.2 Å². The zero-order valence-corrected chi connectivity index (χ0v) is 12.4. The molecule has 4 nitrogen and oxygen atoms in total. The Morgan fingerprint density at radius 2 is 2.25 bits per heavy atom. The highest BCUT2D eigenvalue weighted by Crippen LogP contribution is 2.20. The molecule has 2 rings (SSSR count). The third-order valence-corrected chi connectivity index (χ3v) is 4.29. The van der Waals surface area contributed by atoms with Gasteiger partial charge in [-0.3, -0.25) is 9.69 Å². The fourth-order valence-corrected chi connectivity index (χ4v) is 3.30. The summed E-state index contributed by atoms with van der Waals surface area (Å²) < 4.78 is 5.15. The van der Waals surface area contributed by atoms with Crippen molar-refractivity contribution in [2.24, 2.45) is 0 Å². The quantitative estimate of drug-likeness (QED) is 0.794. The molecule has 0 amide bonds. The molecule has 0 N–H and O–H groups in total. The van der Waals surface area contributed by atoms with Gasteiger partial charge in [0.1, 0.15) is 6.04 Å². The highest BCUT2D eigenvalue weighted by atomic mass is 32.2. The first-order chi connectivity index (χ1) is 9.74. The van der Waals surface area contributed by atoms with Crippen LogP contribution in [0.2, 0.25) is 0 Å². The lowest BCUT2D eigenvalue weighted by Crippen LogP contribution is -2.47. The average molecular weight is 290 g/mol. The molecule has 106 valence electrons. The molecule has 0 saturated carbocycles. The molecule has 0 bridgehead atoms. The highest BCUT2D eigenvalue weighted by Gasteiger charge is 2.30. The van der Waals surface area contributed by atoms with Gasteiger partial charge in [-0.25, -0.2) is 0 Å². The number of carbonyl (C=O) groups is 1. The number of ether oxygens (including phenoxy) is 1. The first-order valence-electron chi connectivity index (χ1n) is 6.72. The minimum Gasteiger partial charge on any atom is -0.465 e. The summed E-state index contributed by atoms with van der Waals surface area (Å²) in [5.41, 5.74) is 1.77. The van der Waals surface area contributed by atoms with E-state index in [1.807, 2.05) is 31.2 Å². The van der Waals surface area contributed by atoms with Crippen molar-refractivity contribution in [2.45, 2.75) is 19.5 Å². The van der Waals surface area contributed by atoms with E-state index in [0.29, 0.717) is 12.2 Å². The van der Waals surface area contributed by atoms with E-state index in [1.165, 1.54) is 0 Å². The molecule has 1 aromatic carbocycles. The van der Waals surface area contributed by atoms with Crippen LogP contribution in [-0.2, 0) is 16.1 Å². The van der Waals surface area contributed by atoms with Crippen LogP contribution in [0.3, 0.4) is 0 Å². The maximum Gasteiger partial charge on any atom is 0.324 e. The second kappa shape index (κ2) is 7.32. The Balaban J connectivity index is 2.04. The maximum atomic E-state index is 12.0. The molecule has 0 radical (unpaired) electrons. The van der Waals surface area contributed by atoms with Gasteiger partial charge in [-0.2, -0.15) is 17.0 Å². The van der Waals surface area contributed by atoms with Crippen molar-refractivity contribution < 1.29 is 9.53 Å². The van der Waals surface area contributed by atoms with Crippen LogP contribution < -0.4 is 0 Å². The van der Waals surface area contributed by atoms with Gasteiger partial charge in [0.2, 0.25) is 0 Å². The zero-order valence-electron chi connectivity index (χ0n) is 11.5. The van der Waals surface area contributed by atoms with Gasteiger partial charge in [0.25, 0.3) is 0 Å². The maximum absolute atomic E-state index is 12.0. The second-order valence-corrected chi connectivity index (χ2v) is 5.77. The van der Waals surface area contributed by atoms with Crippen molar-refractivity contribution in [3.05, 3.63) is 35.4 Å². The first-order valence-corrected chi connectivity index (χ1v) is 7.87. The molecular formula is C15H18N2O2S. The number of nitriles is 1. The van der Waals surface area contributed by atoms with Gasteiger partial charge in [0.15, 0.2) is 0 Å². The number of rotatable bonds is 4. The van der Waals surface area contributed by atoms with E-state index in [9.17, 15) is 4.79 Å². The molecule has 20 heavy (non-hydrogen) atoms. The minimum absolute atomic E-state index is 0.131. The summed E-state index contributed by atoms with van der Waals surface area (Å²) in [7, 11) is 0. The van der Waals surface area contributed by atoms with E-state index >= 15 is 0 Å². The lowest BCUT2D eigenvalue weighted by atomic mass is 10.1. The van der Waals surface area contributed by atoms with E-state index in [-0.39, 0.29) is 12.0 Å². The lowest BCUT2D eigenvalue weighted by Gasteiger charge is -2.33. The Labute approximate surface area is 123 Å². The third kappa shape index (κ3) is 3.75. The Morgan fingerprint density at radius 1 is 1.50 bits per heavy atom. The molecule has 0 aliphatic carbocycles. The number of carbonyl (C=O) groups excluding carboxylic acids is 1. The minimum atomic E-state index is -0.163. The second-order valence-electron chi connectivity index (χ2n) is 4.62. The molecular weight excluding hydrogens is 272 g/mol. The summed E-state index contributed by atoms with van der Waals surface area (Å²) in [5.74, 6) is 1.69. The lowest BCUT2D eigenvalue weighted by molar-refractivity contribution is -0.148. The molecule has 1 unspecified atom stereocenters. The standard InChI is InChI=1S/C15H18N2O2S/c1-2-19-15(18)14-11-20-8-7-17(14)10-13-5-3-12(9-16)4-6-13/h3-6,14H,2,7-8,10-11H2,1H3. The molecule has 1 aromatic rings. The highest BCUT2D eigenvalue weighted by molar-refractivity contribution is 7.99. The fourth-order valence-electron chi connectivity index (χ4n) is 2.20. The smallest absolute Gasteiger partial charge is 0.324 e. The van der Waals surface area contributed by atoms with E-state index in [2.05, 4.69) is 11.0 Å². The zero-order chi connectivity index (χ0) is 14.4. The summed E-state index contributed by atoms with van der Waals surface area (Å²) in [4.78, 5) is 14.1. The van der Waals surface area contributed by atoms with Gasteiger partial charge in [-0.05, 0) is 24.6 Å². The molecule has 0 aromatic heterocycles. The number of hydrogen-bond acceptors (Lipinski definition) is 5. The Kier molecular flexibility index (Phi) is 5.45. The molecule has 1 saturated heterocycles. The normalized spacial score (nSPS) is 19.3. The molecule has 1 heterocycles. The van der Waals surface area contributed by atoms with Crippen molar-refractivity contribution >= 4 is 17.7 Å². The predicted molar refractivity (Wildman–Crippen MR) is 79.3 cm³/mol. The largest absolute Gasteiger partial charge is 0.465 e. The van der Waals surface area contributed by atoms with Gasteiger partial charge in [-0.15, -0.1) is 0 Å². The van der Waals surface area contributed by atoms with E-state index in [0.717, 1.165) is 30.2 Å². The van der Waals surface area contributed by atoms with E-state index < -0.39 is 0 Å². The SMILES string of the molecule is CCOC(=O)C1CSCCN1Cc1ccc(C#N)cc1. The summed E-state index contributed by atoms with van der Waals surface area (Å²) in [6.45, 7) is 3.85. The molecule has 5 heteroatoms. The molecule has 1 fully saturated rings. The van der Waals surface area contributed by atoms with Crippen LogP contribution in [0.5, 0.6) is 0 Å². The number of thioether (sulfide) groups is 1. The Hall–Kier alpha value is -1.51. The van der Waals surface area contributed by atoms with Gasteiger partial charge >= 0.3 is 5.97 Å². The summed E-state index contributed by atoms with van der Waals surface area (Å²) in [5, 5.41) is 8.80. The van der Waals surface area contributed by atoms with Crippen LogP contribution in [0.25, 0.3) is 0 Å². The van der Waals surface area contributed by atoms with Crippen molar-refractivity contribution in [1.82, 2.24) is 4.90 Å². The Bertz CT molecular complexity index is 496. The van der Waals surface area contributed by atoms with Crippen LogP contribution in [0.4, 0.5) is 0 Å². The first kappa shape index (κ1) is 14.9. The third-order valence-electron chi connectivity index (χ3n) is 3.27. The van der Waals surface area contributed by atoms with Crippen molar-refractivity contribution in [3.63, 3.8) is 0 Å². The monoisotopic (exact) mass is 290 g/mol. The van der Waals surface area contributed by atoms with Crippen LogP contribution in [0.1, 0.15) is 18.1 Å². The van der Waals surface area contributed by atoms with E-state index in [1.54, 1.807) is 11.8 Å². The van der Waals surface area contributed by atoms with Crippen molar-refractivity contribution in [1.29, 1.82) is 5.26 Å². The Morgan fingerprint density at radius 3 is 2.90 bits per heavy atom. The van der Waals surface area contributed by atoms with Gasteiger partial charge < -0.3 is 4.74 Å². The molecule has 1 aliphatic rings. The summed E-state index contributed by atoms with van der Waals surface area (Å²) >= 11 is 1.79. The molecule has 1 aliphatic heterocycles. The molecule has 0 spiro atoms. The number of esters is 1. The topological polar surface area (TPSA) is 53.3 Å². The number of hydrogen-bond donors (Lipinski definition) is 0. The van der Waals surface area contributed by atoms with Crippen molar-refractivity contribution in [3.8, 4) is 6.07 Å². The average Bonchev–Trinajstić information content (AvgIpc) is 2.49. The predicted octanol–water partition coefficient (Wildman–Crippen LogP) is 2.04. The van der Waals surface area contributed by atoms with Crippen LogP contribution >= 0.6 is 11.8 Å². The fraction of sp³-hybridized carbons (Fsp3) is 0.467. The summed E-state index contributed by atoms with van der Waals surface area (Å²) in [6, 6.07) is 9.47. The van der Waals surface area contributed by atoms with Crippen LogP contribution in [0.15, 0.2) is 24.3 Å². The van der Waals surface area contributed by atoms with Gasteiger partial charge in [-0.1, -0.05) is 12.1 Å². The van der Waals surface area contributed by atoms with Crippen LogP contribution in [0, 0.1) is 11.3 Å². The van der Waals surface area contributed by atoms with E-state index in [4.69, 9.17) is 10.00 Å². The number of benzene rings is 1.